The molecule has 0 bridgehead atoms. The summed E-state index contributed by atoms with van der Waals surface area (Å²) in [4.78, 5) is 0. The normalized spacial score (nSPS) is 13.6. The van der Waals surface area contributed by atoms with Gasteiger partial charge < -0.3 is 5.32 Å². The van der Waals surface area contributed by atoms with E-state index in [4.69, 9.17) is 0 Å². The van der Waals surface area contributed by atoms with E-state index in [2.05, 4.69) is 62.3 Å². The molecular weight excluding hydrogens is 338 g/mol. The molecule has 134 valence electrons. The van der Waals surface area contributed by atoms with E-state index in [1.165, 1.54) is 0 Å². The molecular formula is C20H19N7. The van der Waals surface area contributed by atoms with Crippen LogP contribution in [-0.4, -0.2) is 30.0 Å². The molecule has 0 aliphatic heterocycles. The molecule has 0 spiro atoms. The third kappa shape index (κ3) is 3.19. The van der Waals surface area contributed by atoms with Crippen molar-refractivity contribution in [2.45, 2.75) is 25.4 Å². The average Bonchev–Trinajstić information content (AvgIpc) is 3.26. The van der Waals surface area contributed by atoms with E-state index in [9.17, 15) is 0 Å². The summed E-state index contributed by atoms with van der Waals surface area (Å²) in [5.41, 5.74) is 4.24. The molecule has 5 rings (SSSR count). The van der Waals surface area contributed by atoms with E-state index in [0.29, 0.717) is 12.6 Å². The van der Waals surface area contributed by atoms with Gasteiger partial charge in [-0.05, 0) is 65.7 Å². The van der Waals surface area contributed by atoms with Crippen molar-refractivity contribution in [3.05, 3.63) is 72.6 Å². The molecule has 2 aromatic heterocycles. The summed E-state index contributed by atoms with van der Waals surface area (Å²) in [6, 6.07) is 20.9. The number of nitrogens with one attached hydrogen (secondary N) is 1. The van der Waals surface area contributed by atoms with E-state index in [0.717, 1.165) is 41.3 Å². The largest absolute Gasteiger partial charge is 0.379 e. The quantitative estimate of drug-likeness (QED) is 0.572. The number of tetrazole rings is 1. The van der Waals surface area contributed by atoms with E-state index < -0.39 is 0 Å². The number of benzene rings is 2. The van der Waals surface area contributed by atoms with Crippen LogP contribution in [0.5, 0.6) is 0 Å². The maximum absolute atomic E-state index is 4.43. The fourth-order valence-electron chi connectivity index (χ4n) is 3.14. The van der Waals surface area contributed by atoms with Crippen molar-refractivity contribution in [1.82, 2.24) is 30.0 Å². The van der Waals surface area contributed by atoms with Crippen LogP contribution in [0.2, 0.25) is 0 Å². The number of para-hydroxylation sites is 1. The van der Waals surface area contributed by atoms with Gasteiger partial charge in [-0.3, -0.25) is 0 Å². The van der Waals surface area contributed by atoms with Gasteiger partial charge in [-0.25, -0.2) is 9.36 Å². The number of hydrogen-bond acceptors (Lipinski definition) is 5. The van der Waals surface area contributed by atoms with Crippen LogP contribution in [0, 0.1) is 0 Å². The van der Waals surface area contributed by atoms with E-state index in [1.807, 2.05) is 39.8 Å². The first-order valence-corrected chi connectivity index (χ1v) is 9.09. The van der Waals surface area contributed by atoms with Crippen LogP contribution in [0.25, 0.3) is 17.1 Å². The Morgan fingerprint density at radius 1 is 0.963 bits per heavy atom. The molecule has 0 amide bonds. The summed E-state index contributed by atoms with van der Waals surface area (Å²) in [6.07, 6.45) is 4.14. The summed E-state index contributed by atoms with van der Waals surface area (Å²) in [6.45, 7) is 0.689. The second-order valence-corrected chi connectivity index (χ2v) is 6.68. The van der Waals surface area contributed by atoms with Crippen molar-refractivity contribution in [3.8, 4) is 17.1 Å². The maximum Gasteiger partial charge on any atom is 0.182 e. The zero-order valence-corrected chi connectivity index (χ0v) is 14.7. The molecule has 2 heterocycles. The van der Waals surface area contributed by atoms with Crippen LogP contribution in [-0.2, 0) is 6.54 Å². The van der Waals surface area contributed by atoms with Crippen molar-refractivity contribution in [2.75, 3.05) is 5.32 Å². The van der Waals surface area contributed by atoms with E-state index in [-0.39, 0.29) is 0 Å². The average molecular weight is 357 g/mol. The predicted octanol–water partition coefficient (Wildman–Crippen LogP) is 3.47. The molecule has 4 aromatic rings. The lowest BCUT2D eigenvalue weighted by molar-refractivity contribution is 0.615. The molecule has 7 heteroatoms. The smallest absolute Gasteiger partial charge is 0.182 e. The Balaban J connectivity index is 1.30. The molecule has 1 aliphatic carbocycles. The van der Waals surface area contributed by atoms with E-state index in [1.54, 1.807) is 0 Å². The standard InChI is InChI=1S/C20H19N7/c1-2-4-17(5-3-1)26-19(12-13-22-26)14-21-16-8-6-15(7-9-16)20-23-24-25-27(20)18-10-11-18/h1-9,12-13,18,21H,10-11,14H2. The number of anilines is 1. The fraction of sp³-hybridized carbons (Fsp3) is 0.200. The highest BCUT2D eigenvalue weighted by Crippen LogP contribution is 2.36. The summed E-state index contributed by atoms with van der Waals surface area (Å²) >= 11 is 0. The van der Waals surface area contributed by atoms with Crippen LogP contribution in [0.4, 0.5) is 5.69 Å². The van der Waals surface area contributed by atoms with Crippen molar-refractivity contribution < 1.29 is 0 Å². The van der Waals surface area contributed by atoms with Gasteiger partial charge in [0.15, 0.2) is 5.82 Å². The van der Waals surface area contributed by atoms with Crippen molar-refractivity contribution in [2.24, 2.45) is 0 Å². The Hall–Kier alpha value is -3.48. The van der Waals surface area contributed by atoms with Crippen LogP contribution >= 0.6 is 0 Å². The molecule has 1 fully saturated rings. The van der Waals surface area contributed by atoms with Gasteiger partial charge in [-0.2, -0.15) is 5.10 Å². The third-order valence-corrected chi connectivity index (χ3v) is 4.72. The fourth-order valence-corrected chi connectivity index (χ4v) is 3.14. The van der Waals surface area contributed by atoms with Gasteiger partial charge in [-0.1, -0.05) is 18.2 Å². The topological polar surface area (TPSA) is 73.5 Å². The Morgan fingerprint density at radius 3 is 2.56 bits per heavy atom. The first-order chi connectivity index (χ1) is 13.4. The lowest BCUT2D eigenvalue weighted by Crippen LogP contribution is -2.07. The number of nitrogens with zero attached hydrogens (tertiary/aromatic N) is 6. The van der Waals surface area contributed by atoms with Crippen molar-refractivity contribution in [3.63, 3.8) is 0 Å². The molecule has 7 nitrogen and oxygen atoms in total. The Bertz CT molecular complexity index is 1030. The monoisotopic (exact) mass is 357 g/mol. The van der Waals surface area contributed by atoms with Gasteiger partial charge in [0, 0.05) is 17.4 Å². The zero-order valence-electron chi connectivity index (χ0n) is 14.7. The predicted molar refractivity (Wildman–Crippen MR) is 102 cm³/mol. The SMILES string of the molecule is c1ccc(-n2nccc2CNc2ccc(-c3nnnn3C3CC3)cc2)cc1. The van der Waals surface area contributed by atoms with Gasteiger partial charge in [0.1, 0.15) is 0 Å². The summed E-state index contributed by atoms with van der Waals surface area (Å²) < 4.78 is 3.88. The first-order valence-electron chi connectivity index (χ1n) is 9.09. The Morgan fingerprint density at radius 2 is 1.78 bits per heavy atom. The second kappa shape index (κ2) is 6.68. The number of aromatic nitrogens is 6. The molecule has 0 unspecified atom stereocenters. The molecule has 27 heavy (non-hydrogen) atoms. The first kappa shape index (κ1) is 15.7. The Labute approximate surface area is 156 Å². The van der Waals surface area contributed by atoms with Gasteiger partial charge in [0.2, 0.25) is 0 Å². The highest BCUT2D eigenvalue weighted by atomic mass is 15.6. The van der Waals surface area contributed by atoms with Gasteiger partial charge in [0.25, 0.3) is 0 Å². The minimum absolute atomic E-state index is 0.464. The van der Waals surface area contributed by atoms with Gasteiger partial charge in [0.05, 0.1) is 24.0 Å². The molecule has 1 aliphatic rings. The third-order valence-electron chi connectivity index (χ3n) is 4.72. The zero-order chi connectivity index (χ0) is 18.1. The molecule has 1 saturated carbocycles. The minimum atomic E-state index is 0.464. The lowest BCUT2D eigenvalue weighted by Gasteiger charge is -2.10. The van der Waals surface area contributed by atoms with Crippen LogP contribution in [0.3, 0.4) is 0 Å². The van der Waals surface area contributed by atoms with Crippen molar-refractivity contribution >= 4 is 5.69 Å². The highest BCUT2D eigenvalue weighted by Gasteiger charge is 2.28. The molecule has 1 N–H and O–H groups in total. The van der Waals surface area contributed by atoms with Gasteiger partial charge in [-0.15, -0.1) is 5.10 Å². The van der Waals surface area contributed by atoms with Gasteiger partial charge >= 0.3 is 0 Å². The van der Waals surface area contributed by atoms with E-state index >= 15 is 0 Å². The number of hydrogen-bond donors (Lipinski definition) is 1. The highest BCUT2D eigenvalue weighted by molar-refractivity contribution is 5.59. The summed E-state index contributed by atoms with van der Waals surface area (Å²) in [5, 5.41) is 20.0. The van der Waals surface area contributed by atoms with Crippen LogP contribution in [0.15, 0.2) is 66.9 Å². The molecule has 0 radical (unpaired) electrons. The van der Waals surface area contributed by atoms with Crippen LogP contribution < -0.4 is 5.32 Å². The molecule has 0 saturated heterocycles. The van der Waals surface area contributed by atoms with Crippen molar-refractivity contribution in [1.29, 1.82) is 0 Å². The number of rotatable bonds is 6. The van der Waals surface area contributed by atoms with Crippen LogP contribution in [0.1, 0.15) is 24.6 Å². The molecule has 2 aromatic carbocycles. The summed E-state index contributed by atoms with van der Waals surface area (Å²) in [7, 11) is 0. The second-order valence-electron chi connectivity index (χ2n) is 6.68. The maximum atomic E-state index is 4.43. The Kier molecular flexibility index (Phi) is 3.90. The minimum Gasteiger partial charge on any atom is -0.379 e. The summed E-state index contributed by atoms with van der Waals surface area (Å²) in [5.74, 6) is 0.839. The molecule has 0 atom stereocenters. The lowest BCUT2D eigenvalue weighted by atomic mass is 10.2.